The zero-order valence-electron chi connectivity index (χ0n) is 12.8. The van der Waals surface area contributed by atoms with Crippen molar-refractivity contribution in [1.82, 2.24) is 4.90 Å². The first-order valence-corrected chi connectivity index (χ1v) is 8.42. The highest BCUT2D eigenvalue weighted by Crippen LogP contribution is 2.22. The van der Waals surface area contributed by atoms with Gasteiger partial charge in [-0.25, -0.2) is 0 Å². The summed E-state index contributed by atoms with van der Waals surface area (Å²) in [7, 11) is 1.67. The van der Waals surface area contributed by atoms with E-state index in [2.05, 4.69) is 0 Å². The fraction of sp³-hybridized carbons (Fsp3) is 0.294. The van der Waals surface area contributed by atoms with E-state index in [0.29, 0.717) is 17.3 Å². The largest absolute Gasteiger partial charge is 0.456 e. The topological polar surface area (TPSA) is 46.6 Å². The van der Waals surface area contributed by atoms with Gasteiger partial charge in [0.15, 0.2) is 6.61 Å². The summed E-state index contributed by atoms with van der Waals surface area (Å²) in [6.07, 6.45) is 0.874. The molecule has 0 aliphatic heterocycles. The van der Waals surface area contributed by atoms with Crippen LogP contribution >= 0.6 is 22.9 Å². The van der Waals surface area contributed by atoms with Gasteiger partial charge in [0.25, 0.3) is 5.91 Å². The number of amides is 1. The lowest BCUT2D eigenvalue weighted by atomic mass is 10.1. The molecule has 2 rings (SSSR count). The molecule has 2 aromatic rings. The van der Waals surface area contributed by atoms with Gasteiger partial charge < -0.3 is 9.64 Å². The van der Waals surface area contributed by atoms with Crippen LogP contribution in [0.3, 0.4) is 0 Å². The number of rotatable bonds is 7. The molecule has 1 heterocycles. The maximum atomic E-state index is 12.0. The molecule has 1 aromatic carbocycles. The maximum absolute atomic E-state index is 12.0. The molecule has 0 saturated carbocycles. The number of benzene rings is 1. The number of hydrogen-bond donors (Lipinski definition) is 0. The molecule has 0 unspecified atom stereocenters. The molecule has 0 saturated heterocycles. The number of hydrogen-bond acceptors (Lipinski definition) is 4. The van der Waals surface area contributed by atoms with E-state index in [9.17, 15) is 9.59 Å². The fourth-order valence-corrected chi connectivity index (χ4v) is 3.12. The van der Waals surface area contributed by atoms with Crippen molar-refractivity contribution in [1.29, 1.82) is 0 Å². The van der Waals surface area contributed by atoms with Crippen molar-refractivity contribution in [3.8, 4) is 0 Å². The van der Waals surface area contributed by atoms with Gasteiger partial charge in [0.1, 0.15) is 0 Å². The third kappa shape index (κ3) is 6.04. The number of halogens is 1. The number of nitrogens with zero attached hydrogens (tertiary/aromatic N) is 1. The van der Waals surface area contributed by atoms with Crippen LogP contribution in [-0.2, 0) is 27.3 Å². The second kappa shape index (κ2) is 8.70. The molecular weight excluding hydrogens is 334 g/mol. The van der Waals surface area contributed by atoms with E-state index in [0.717, 1.165) is 10.4 Å². The highest BCUT2D eigenvalue weighted by atomic mass is 35.5. The summed E-state index contributed by atoms with van der Waals surface area (Å²) in [6.45, 7) is 0.223. The first-order chi connectivity index (χ1) is 11.0. The Labute approximate surface area is 144 Å². The van der Waals surface area contributed by atoms with E-state index in [1.807, 2.05) is 36.4 Å². The number of thiophene rings is 1. The molecule has 0 aliphatic rings. The fourth-order valence-electron chi connectivity index (χ4n) is 1.97. The zero-order valence-corrected chi connectivity index (χ0v) is 14.4. The summed E-state index contributed by atoms with van der Waals surface area (Å²) >= 11 is 7.28. The third-order valence-corrected chi connectivity index (χ3v) is 4.48. The number of carbonyl (C=O) groups excluding carboxylic acids is 2. The van der Waals surface area contributed by atoms with Gasteiger partial charge in [-0.1, -0.05) is 41.9 Å². The molecular formula is C17H18ClNO3S. The molecule has 0 aliphatic carbocycles. The van der Waals surface area contributed by atoms with Crippen LogP contribution in [0.1, 0.15) is 16.9 Å². The summed E-state index contributed by atoms with van der Waals surface area (Å²) < 4.78 is 5.72. The number of aryl methyl sites for hydroxylation is 1. The van der Waals surface area contributed by atoms with E-state index >= 15 is 0 Å². The number of ether oxygens (including phenoxy) is 1. The van der Waals surface area contributed by atoms with Gasteiger partial charge in [-0.2, -0.15) is 0 Å². The summed E-state index contributed by atoms with van der Waals surface area (Å²) in [5, 5.41) is 0. The zero-order chi connectivity index (χ0) is 16.7. The van der Waals surface area contributed by atoms with Crippen LogP contribution in [0.15, 0.2) is 42.5 Å². The Balaban J connectivity index is 1.69. The normalized spacial score (nSPS) is 10.3. The van der Waals surface area contributed by atoms with E-state index in [1.54, 1.807) is 13.1 Å². The second-order valence-corrected chi connectivity index (χ2v) is 6.90. The lowest BCUT2D eigenvalue weighted by Crippen LogP contribution is -2.30. The highest BCUT2D eigenvalue weighted by Gasteiger charge is 2.13. The van der Waals surface area contributed by atoms with Crippen molar-refractivity contribution in [2.24, 2.45) is 0 Å². The van der Waals surface area contributed by atoms with Crippen LogP contribution in [0, 0.1) is 0 Å². The summed E-state index contributed by atoms with van der Waals surface area (Å²) in [4.78, 5) is 26.2. The Hall–Kier alpha value is -1.85. The Morgan fingerprint density at radius 3 is 2.57 bits per heavy atom. The standard InChI is InChI=1S/C17H18ClNO3S/c1-19(11-14-8-9-15(18)23-14)16(20)12-22-17(21)10-7-13-5-3-2-4-6-13/h2-6,8-9H,7,10-12H2,1H3. The second-order valence-electron chi connectivity index (χ2n) is 5.10. The van der Waals surface area contributed by atoms with E-state index in [-0.39, 0.29) is 24.9 Å². The minimum Gasteiger partial charge on any atom is -0.456 e. The van der Waals surface area contributed by atoms with Crippen LogP contribution in [0.5, 0.6) is 0 Å². The third-order valence-electron chi connectivity index (χ3n) is 3.26. The molecule has 0 radical (unpaired) electrons. The smallest absolute Gasteiger partial charge is 0.306 e. The molecule has 4 nitrogen and oxygen atoms in total. The molecule has 1 amide bonds. The van der Waals surface area contributed by atoms with Gasteiger partial charge in [-0.15, -0.1) is 11.3 Å². The molecule has 0 fully saturated rings. The van der Waals surface area contributed by atoms with Crippen LogP contribution in [0.2, 0.25) is 4.34 Å². The monoisotopic (exact) mass is 351 g/mol. The van der Waals surface area contributed by atoms with Gasteiger partial charge in [-0.05, 0) is 24.1 Å². The van der Waals surface area contributed by atoms with Gasteiger partial charge in [-0.3, -0.25) is 9.59 Å². The van der Waals surface area contributed by atoms with E-state index in [4.69, 9.17) is 16.3 Å². The summed E-state index contributed by atoms with van der Waals surface area (Å²) in [5.41, 5.74) is 1.07. The van der Waals surface area contributed by atoms with Crippen molar-refractivity contribution in [3.05, 3.63) is 57.2 Å². The van der Waals surface area contributed by atoms with Crippen LogP contribution in [-0.4, -0.2) is 30.4 Å². The van der Waals surface area contributed by atoms with Crippen LogP contribution in [0.25, 0.3) is 0 Å². The van der Waals surface area contributed by atoms with E-state index < -0.39 is 0 Å². The minimum absolute atomic E-state index is 0.233. The minimum atomic E-state index is -0.366. The SMILES string of the molecule is CN(Cc1ccc(Cl)s1)C(=O)COC(=O)CCc1ccccc1. The van der Waals surface area contributed by atoms with Crippen LogP contribution in [0.4, 0.5) is 0 Å². The number of likely N-dealkylation sites (N-methyl/N-ethyl adjacent to an activating group) is 1. The summed E-state index contributed by atoms with van der Waals surface area (Å²) in [5.74, 6) is -0.600. The molecule has 6 heteroatoms. The average Bonchev–Trinajstić information content (AvgIpc) is 2.96. The molecule has 0 atom stereocenters. The first kappa shape index (κ1) is 17.5. The molecule has 0 N–H and O–H groups in total. The maximum Gasteiger partial charge on any atom is 0.306 e. The lowest BCUT2D eigenvalue weighted by molar-refractivity contribution is -0.151. The quantitative estimate of drug-likeness (QED) is 0.717. The molecule has 0 bridgehead atoms. The van der Waals surface area contributed by atoms with Crippen LogP contribution < -0.4 is 0 Å². The molecule has 23 heavy (non-hydrogen) atoms. The average molecular weight is 352 g/mol. The molecule has 1 aromatic heterocycles. The highest BCUT2D eigenvalue weighted by molar-refractivity contribution is 7.16. The Bertz CT molecular complexity index is 657. The Morgan fingerprint density at radius 2 is 1.91 bits per heavy atom. The van der Waals surface area contributed by atoms with Gasteiger partial charge in [0.05, 0.1) is 10.9 Å². The van der Waals surface area contributed by atoms with Crippen molar-refractivity contribution >= 4 is 34.8 Å². The van der Waals surface area contributed by atoms with Crippen molar-refractivity contribution in [3.63, 3.8) is 0 Å². The summed E-state index contributed by atoms with van der Waals surface area (Å²) in [6, 6.07) is 13.4. The Kier molecular flexibility index (Phi) is 6.62. The van der Waals surface area contributed by atoms with Crippen molar-refractivity contribution < 1.29 is 14.3 Å². The lowest BCUT2D eigenvalue weighted by Gasteiger charge is -2.16. The number of esters is 1. The Morgan fingerprint density at radius 1 is 1.17 bits per heavy atom. The molecule has 122 valence electrons. The first-order valence-electron chi connectivity index (χ1n) is 7.22. The van der Waals surface area contributed by atoms with Gasteiger partial charge in [0.2, 0.25) is 0 Å². The van der Waals surface area contributed by atoms with E-state index in [1.165, 1.54) is 16.2 Å². The number of carbonyl (C=O) groups is 2. The van der Waals surface area contributed by atoms with Crippen molar-refractivity contribution in [2.45, 2.75) is 19.4 Å². The van der Waals surface area contributed by atoms with Gasteiger partial charge in [0, 0.05) is 18.3 Å². The van der Waals surface area contributed by atoms with Gasteiger partial charge >= 0.3 is 5.97 Å². The predicted octanol–water partition coefficient (Wildman–Crippen LogP) is 3.54. The predicted molar refractivity (Wildman–Crippen MR) is 91.5 cm³/mol. The molecule has 0 spiro atoms. The van der Waals surface area contributed by atoms with Crippen molar-refractivity contribution in [2.75, 3.05) is 13.7 Å².